The lowest BCUT2D eigenvalue weighted by Crippen LogP contribution is -2.56. The maximum atomic E-state index is 11.8. The molecule has 2 rings (SSSR count). The second kappa shape index (κ2) is 7.43. The molecule has 0 saturated heterocycles. The number of carboxylic acid groups (broad SMARTS) is 2. The molecule has 144 valence electrons. The first kappa shape index (κ1) is 20.5. The SMILES string of the molecule is Nc1[nH+]c(C(C(C(=O)O)=S(=O)=O)(C(C(=O)O)=S(=O)=O)c2csc(N)[nH+]2)cs1. The zero-order valence-electron chi connectivity index (χ0n) is 12.8. The molecule has 2 heterocycles. The number of rotatable bonds is 6. The van der Waals surface area contributed by atoms with E-state index in [1.54, 1.807) is 0 Å². The van der Waals surface area contributed by atoms with Crippen LogP contribution in [0.3, 0.4) is 0 Å². The van der Waals surface area contributed by atoms with Gasteiger partial charge in [-0.3, -0.25) is 11.5 Å². The number of hydrogen-bond acceptors (Lipinski definition) is 10. The molecule has 0 radical (unpaired) electrons. The highest BCUT2D eigenvalue weighted by Crippen LogP contribution is 2.34. The Balaban J connectivity index is 3.29. The second-order valence-electron chi connectivity index (χ2n) is 4.77. The first-order chi connectivity index (χ1) is 12.5. The van der Waals surface area contributed by atoms with Crippen molar-refractivity contribution in [2.75, 3.05) is 11.5 Å². The molecule has 12 nitrogen and oxygen atoms in total. The number of anilines is 2. The predicted molar refractivity (Wildman–Crippen MR) is 94.5 cm³/mol. The fourth-order valence-electron chi connectivity index (χ4n) is 2.44. The molecule has 27 heavy (non-hydrogen) atoms. The zero-order chi connectivity index (χ0) is 20.5. The monoisotopic (exact) mass is 454 g/mol. The molecule has 16 heteroatoms. The van der Waals surface area contributed by atoms with Crippen molar-refractivity contribution in [1.29, 1.82) is 0 Å². The number of H-pyrrole nitrogens is 2. The van der Waals surface area contributed by atoms with Crippen LogP contribution in [-0.4, -0.2) is 48.7 Å². The minimum Gasteiger partial charge on any atom is -0.477 e. The van der Waals surface area contributed by atoms with E-state index in [0.29, 0.717) is 0 Å². The molecule has 0 spiro atoms. The molecule has 0 aliphatic heterocycles. The summed E-state index contributed by atoms with van der Waals surface area (Å²) in [5, 5.41) is 21.1. The maximum Gasteiger partial charge on any atom is 0.349 e. The Hall–Kier alpha value is -2.82. The summed E-state index contributed by atoms with van der Waals surface area (Å²) in [6.07, 6.45) is 0. The van der Waals surface area contributed by atoms with Gasteiger partial charge in [-0.25, -0.2) is 19.6 Å². The standard InChI is InChI=1S/C11H8N4O8S4/c12-9-14-3(1-24-9)11(4-2-25-10(13)15-4,5(7(16)17)26(20)21)6(8(18)19)27(22)23/h1-2H,(H2,12,14)(H2,13,15)(H,16,17)(H,18,19)/p+2. The van der Waals surface area contributed by atoms with Gasteiger partial charge in [0.2, 0.25) is 20.6 Å². The summed E-state index contributed by atoms with van der Waals surface area (Å²) in [5.41, 5.74) is 7.55. The van der Waals surface area contributed by atoms with Crippen molar-refractivity contribution < 1.29 is 46.6 Å². The van der Waals surface area contributed by atoms with Gasteiger partial charge in [0.25, 0.3) is 0 Å². The number of thiazole rings is 2. The van der Waals surface area contributed by atoms with Gasteiger partial charge in [0.15, 0.2) is 15.1 Å². The van der Waals surface area contributed by atoms with Crippen molar-refractivity contribution in [3.05, 3.63) is 22.1 Å². The molecule has 2 aromatic rings. The van der Waals surface area contributed by atoms with Crippen LogP contribution in [0.5, 0.6) is 0 Å². The van der Waals surface area contributed by atoms with Crippen molar-refractivity contribution in [2.24, 2.45) is 0 Å². The van der Waals surface area contributed by atoms with E-state index in [-0.39, 0.29) is 10.3 Å². The highest BCUT2D eigenvalue weighted by Gasteiger charge is 2.58. The molecular formula is C11H10N4O8S4+2. The van der Waals surface area contributed by atoms with Crippen LogP contribution >= 0.6 is 22.7 Å². The van der Waals surface area contributed by atoms with Crippen LogP contribution in [0.4, 0.5) is 10.3 Å². The van der Waals surface area contributed by atoms with Crippen molar-refractivity contribution >= 4 is 75.2 Å². The third-order valence-electron chi connectivity index (χ3n) is 3.33. The van der Waals surface area contributed by atoms with Gasteiger partial charge in [-0.1, -0.05) is 22.7 Å². The van der Waals surface area contributed by atoms with Gasteiger partial charge in [0.1, 0.15) is 11.4 Å². The Labute approximate surface area is 160 Å². The smallest absolute Gasteiger partial charge is 0.349 e. The van der Waals surface area contributed by atoms with Gasteiger partial charge in [0.05, 0.1) is 0 Å². The second-order valence-corrected chi connectivity index (χ2v) is 8.34. The molecule has 8 N–H and O–H groups in total. The van der Waals surface area contributed by atoms with Gasteiger partial charge in [-0.15, -0.1) is 0 Å². The zero-order valence-corrected chi connectivity index (χ0v) is 16.1. The molecule has 2 aromatic heterocycles. The Kier molecular flexibility index (Phi) is 5.64. The van der Waals surface area contributed by atoms with Crippen LogP contribution in [-0.2, 0) is 35.6 Å². The minimum absolute atomic E-state index is 0.0552. The normalized spacial score (nSPS) is 11.0. The fourth-order valence-corrected chi connectivity index (χ4v) is 5.24. The van der Waals surface area contributed by atoms with Crippen LogP contribution in [0.25, 0.3) is 0 Å². The predicted octanol–water partition coefficient (Wildman–Crippen LogP) is -2.84. The van der Waals surface area contributed by atoms with Crippen molar-refractivity contribution in [3.8, 4) is 0 Å². The highest BCUT2D eigenvalue weighted by atomic mass is 32.2. The number of aromatic amines is 2. The van der Waals surface area contributed by atoms with E-state index >= 15 is 0 Å². The van der Waals surface area contributed by atoms with E-state index in [1.165, 1.54) is 0 Å². The average molecular weight is 454 g/mol. The molecule has 0 aliphatic rings. The molecule has 0 atom stereocenters. The summed E-state index contributed by atoms with van der Waals surface area (Å²) in [5.74, 6) is -4.13. The summed E-state index contributed by atoms with van der Waals surface area (Å²) < 4.78 is 47.2. The third-order valence-corrected chi connectivity index (χ3v) is 6.38. The lowest BCUT2D eigenvalue weighted by molar-refractivity contribution is -0.389. The van der Waals surface area contributed by atoms with Gasteiger partial charge >= 0.3 is 22.2 Å². The Morgan fingerprint density at radius 3 is 1.37 bits per heavy atom. The average Bonchev–Trinajstić information content (AvgIpc) is 3.13. The van der Waals surface area contributed by atoms with Crippen molar-refractivity contribution in [2.45, 2.75) is 5.41 Å². The number of hydrogen-bond donors (Lipinski definition) is 4. The Morgan fingerprint density at radius 2 is 1.19 bits per heavy atom. The highest BCUT2D eigenvalue weighted by molar-refractivity contribution is 7.77. The molecule has 0 bridgehead atoms. The largest absolute Gasteiger partial charge is 0.477 e. The van der Waals surface area contributed by atoms with Crippen LogP contribution in [0.2, 0.25) is 0 Å². The Morgan fingerprint density at radius 1 is 0.852 bits per heavy atom. The molecule has 0 unspecified atom stereocenters. The van der Waals surface area contributed by atoms with E-state index in [2.05, 4.69) is 9.97 Å². The number of aromatic nitrogens is 2. The van der Waals surface area contributed by atoms with Crippen LogP contribution in [0.15, 0.2) is 10.8 Å². The number of nitrogens with two attached hydrogens (primary N) is 2. The maximum absolute atomic E-state index is 11.8. The molecule has 0 aliphatic carbocycles. The van der Waals surface area contributed by atoms with Gasteiger partial charge < -0.3 is 10.2 Å². The number of aliphatic carboxylic acids is 2. The molecule has 0 fully saturated rings. The van der Waals surface area contributed by atoms with Crippen LogP contribution < -0.4 is 21.4 Å². The third kappa shape index (κ3) is 3.42. The van der Waals surface area contributed by atoms with Gasteiger partial charge in [-0.05, 0) is 0 Å². The topological polar surface area (TPSA) is 223 Å². The minimum atomic E-state index is -3.54. The van der Waals surface area contributed by atoms with Gasteiger partial charge in [0, 0.05) is 10.8 Å². The van der Waals surface area contributed by atoms with Crippen LogP contribution in [0.1, 0.15) is 11.4 Å². The number of carbonyl (C=O) groups is 2. The summed E-state index contributed by atoms with van der Waals surface area (Å²) in [7, 11) is -7.08. The quantitative estimate of drug-likeness (QED) is 0.327. The van der Waals surface area contributed by atoms with E-state index in [0.717, 1.165) is 33.4 Å². The van der Waals surface area contributed by atoms with E-state index in [9.17, 15) is 36.6 Å². The fraction of sp³-hybridized carbons (Fsp3) is 0.0909. The van der Waals surface area contributed by atoms with E-state index in [1.807, 2.05) is 0 Å². The van der Waals surface area contributed by atoms with Crippen molar-refractivity contribution in [3.63, 3.8) is 0 Å². The molecular weight excluding hydrogens is 444 g/mol. The van der Waals surface area contributed by atoms with E-state index in [4.69, 9.17) is 11.5 Å². The molecule has 0 aromatic carbocycles. The lowest BCUT2D eigenvalue weighted by Gasteiger charge is -2.24. The first-order valence-corrected chi connectivity index (χ1v) is 10.4. The van der Waals surface area contributed by atoms with Crippen molar-refractivity contribution in [1.82, 2.24) is 0 Å². The number of carboxylic acids is 2. The summed E-state index contributed by atoms with van der Waals surface area (Å²) in [6.45, 7) is 0. The Bertz CT molecular complexity index is 1110. The first-order valence-electron chi connectivity index (χ1n) is 6.46. The van der Waals surface area contributed by atoms with Crippen LogP contribution in [0, 0.1) is 0 Å². The number of nitrogen functional groups attached to an aromatic ring is 2. The summed E-state index contributed by atoms with van der Waals surface area (Å²) in [4.78, 5) is 25.5. The number of nitrogens with one attached hydrogen (secondary N) is 2. The summed E-state index contributed by atoms with van der Waals surface area (Å²) in [6, 6.07) is 0. The summed E-state index contributed by atoms with van der Waals surface area (Å²) >= 11 is 1.56. The van der Waals surface area contributed by atoms with E-state index < -0.39 is 59.1 Å². The van der Waals surface area contributed by atoms with Gasteiger partial charge in [-0.2, -0.15) is 16.8 Å². The molecule has 0 amide bonds. The lowest BCUT2D eigenvalue weighted by atomic mass is 9.75. The molecule has 0 saturated carbocycles.